The predicted molar refractivity (Wildman–Crippen MR) is 60.2 cm³/mol. The molecule has 1 unspecified atom stereocenters. The van der Waals surface area contributed by atoms with Crippen molar-refractivity contribution in [2.45, 2.75) is 6.10 Å². The molecule has 3 nitrogen and oxygen atoms in total. The number of rotatable bonds is 2. The number of benzene rings is 1. The standard InChI is InChI=1S/C11H8BrFN2O/c12-7-1-2-9(13)8(5-7)11(16)10-3-4-14-6-15-10/h1-6,11,16H. The van der Waals surface area contributed by atoms with Gasteiger partial charge in [0.05, 0.1) is 5.69 Å². The molecular weight excluding hydrogens is 275 g/mol. The summed E-state index contributed by atoms with van der Waals surface area (Å²) in [6.07, 6.45) is 1.73. The molecule has 0 bridgehead atoms. The monoisotopic (exact) mass is 282 g/mol. The fourth-order valence-electron chi connectivity index (χ4n) is 1.35. The minimum absolute atomic E-state index is 0.188. The first-order chi connectivity index (χ1) is 7.68. The molecule has 1 aromatic carbocycles. The molecule has 2 aromatic rings. The molecule has 2 rings (SSSR count). The van der Waals surface area contributed by atoms with Gasteiger partial charge in [0.2, 0.25) is 0 Å². The SMILES string of the molecule is OC(c1ccncn1)c1cc(Br)ccc1F. The Balaban J connectivity index is 2.41. The lowest BCUT2D eigenvalue weighted by molar-refractivity contribution is 0.210. The van der Waals surface area contributed by atoms with Gasteiger partial charge in [0.1, 0.15) is 18.2 Å². The lowest BCUT2D eigenvalue weighted by Crippen LogP contribution is -2.04. The molecule has 5 heteroatoms. The lowest BCUT2D eigenvalue weighted by atomic mass is 10.1. The van der Waals surface area contributed by atoms with Gasteiger partial charge in [-0.25, -0.2) is 14.4 Å². The van der Waals surface area contributed by atoms with Crippen LogP contribution in [0.2, 0.25) is 0 Å². The van der Waals surface area contributed by atoms with Crippen molar-refractivity contribution in [3.8, 4) is 0 Å². The minimum atomic E-state index is -1.08. The van der Waals surface area contributed by atoms with Crippen LogP contribution in [0.4, 0.5) is 4.39 Å². The number of aliphatic hydroxyl groups excluding tert-OH is 1. The van der Waals surface area contributed by atoms with E-state index in [0.717, 1.165) is 0 Å². The summed E-state index contributed by atoms with van der Waals surface area (Å²) in [5.74, 6) is -0.464. The third-order valence-electron chi connectivity index (χ3n) is 2.14. The molecule has 0 fully saturated rings. The molecule has 0 radical (unpaired) electrons. The maximum atomic E-state index is 13.5. The first-order valence-electron chi connectivity index (χ1n) is 4.57. The minimum Gasteiger partial charge on any atom is -0.382 e. The van der Waals surface area contributed by atoms with Crippen molar-refractivity contribution >= 4 is 15.9 Å². The number of aliphatic hydroxyl groups is 1. The summed E-state index contributed by atoms with van der Waals surface area (Å²) in [7, 11) is 0. The summed E-state index contributed by atoms with van der Waals surface area (Å²) in [5, 5.41) is 9.95. The second-order valence-corrected chi connectivity index (χ2v) is 4.12. The Morgan fingerprint density at radius 1 is 1.31 bits per heavy atom. The third-order valence-corrected chi connectivity index (χ3v) is 2.63. The van der Waals surface area contributed by atoms with Crippen molar-refractivity contribution in [1.82, 2.24) is 9.97 Å². The van der Waals surface area contributed by atoms with E-state index in [2.05, 4.69) is 25.9 Å². The fraction of sp³-hybridized carbons (Fsp3) is 0.0909. The van der Waals surface area contributed by atoms with Crippen molar-refractivity contribution in [2.75, 3.05) is 0 Å². The Morgan fingerprint density at radius 3 is 2.81 bits per heavy atom. The maximum Gasteiger partial charge on any atom is 0.129 e. The zero-order chi connectivity index (χ0) is 11.5. The summed E-state index contributed by atoms with van der Waals surface area (Å²) in [6, 6.07) is 5.95. The second kappa shape index (κ2) is 4.67. The highest BCUT2D eigenvalue weighted by molar-refractivity contribution is 9.10. The summed E-state index contributed by atoms with van der Waals surface area (Å²) in [5.41, 5.74) is 0.556. The van der Waals surface area contributed by atoms with Crippen LogP contribution in [-0.4, -0.2) is 15.1 Å². The smallest absolute Gasteiger partial charge is 0.129 e. The van der Waals surface area contributed by atoms with E-state index in [4.69, 9.17) is 0 Å². The van der Waals surface area contributed by atoms with Crippen molar-refractivity contribution in [1.29, 1.82) is 0 Å². The quantitative estimate of drug-likeness (QED) is 0.920. The molecule has 0 amide bonds. The fourth-order valence-corrected chi connectivity index (χ4v) is 1.72. The number of hydrogen-bond donors (Lipinski definition) is 1. The van der Waals surface area contributed by atoms with Gasteiger partial charge in [0.25, 0.3) is 0 Å². The van der Waals surface area contributed by atoms with Crippen LogP contribution in [0.1, 0.15) is 17.4 Å². The van der Waals surface area contributed by atoms with Gasteiger partial charge >= 0.3 is 0 Å². The van der Waals surface area contributed by atoms with E-state index in [1.807, 2.05) is 0 Å². The van der Waals surface area contributed by atoms with E-state index in [1.54, 1.807) is 12.1 Å². The van der Waals surface area contributed by atoms with Crippen LogP contribution in [0.15, 0.2) is 41.3 Å². The first kappa shape index (κ1) is 11.2. The van der Waals surface area contributed by atoms with Crippen molar-refractivity contribution in [2.24, 2.45) is 0 Å². The van der Waals surface area contributed by atoms with Gasteiger partial charge in [0, 0.05) is 16.2 Å². The van der Waals surface area contributed by atoms with Crippen LogP contribution in [0, 0.1) is 5.82 Å². The molecule has 0 aliphatic heterocycles. The molecule has 0 aliphatic carbocycles. The topological polar surface area (TPSA) is 46.0 Å². The van der Waals surface area contributed by atoms with Gasteiger partial charge in [-0.2, -0.15) is 0 Å². The highest BCUT2D eigenvalue weighted by atomic mass is 79.9. The molecule has 1 atom stereocenters. The van der Waals surface area contributed by atoms with E-state index in [9.17, 15) is 9.50 Å². The van der Waals surface area contributed by atoms with Crippen molar-refractivity contribution in [3.05, 3.63) is 58.3 Å². The molecule has 1 aromatic heterocycles. The molecule has 0 saturated carbocycles. The summed E-state index contributed by atoms with van der Waals surface area (Å²) in [4.78, 5) is 7.62. The Hall–Kier alpha value is -1.33. The van der Waals surface area contributed by atoms with E-state index in [-0.39, 0.29) is 5.56 Å². The predicted octanol–water partition coefficient (Wildman–Crippen LogP) is 2.46. The lowest BCUT2D eigenvalue weighted by Gasteiger charge is -2.11. The van der Waals surface area contributed by atoms with E-state index in [1.165, 1.54) is 24.7 Å². The first-order valence-corrected chi connectivity index (χ1v) is 5.36. The largest absolute Gasteiger partial charge is 0.382 e. The molecule has 0 saturated heterocycles. The van der Waals surface area contributed by atoms with Gasteiger partial charge in [-0.15, -0.1) is 0 Å². The molecular formula is C11H8BrFN2O. The van der Waals surface area contributed by atoms with Gasteiger partial charge < -0.3 is 5.11 Å². The van der Waals surface area contributed by atoms with E-state index in [0.29, 0.717) is 10.2 Å². The average molecular weight is 283 g/mol. The Bertz CT molecular complexity index is 493. The van der Waals surface area contributed by atoms with Crippen LogP contribution < -0.4 is 0 Å². The van der Waals surface area contributed by atoms with Gasteiger partial charge in [0.15, 0.2) is 0 Å². The second-order valence-electron chi connectivity index (χ2n) is 3.20. The maximum absolute atomic E-state index is 13.5. The molecule has 0 aliphatic rings. The number of aromatic nitrogens is 2. The van der Waals surface area contributed by atoms with Gasteiger partial charge in [-0.05, 0) is 24.3 Å². The highest BCUT2D eigenvalue weighted by Gasteiger charge is 2.16. The Labute approximate surface area is 100 Å². The number of nitrogens with zero attached hydrogens (tertiary/aromatic N) is 2. The molecule has 16 heavy (non-hydrogen) atoms. The van der Waals surface area contributed by atoms with Gasteiger partial charge in [-0.1, -0.05) is 15.9 Å². The third kappa shape index (κ3) is 2.25. The zero-order valence-electron chi connectivity index (χ0n) is 8.14. The Morgan fingerprint density at radius 2 is 2.12 bits per heavy atom. The summed E-state index contributed by atoms with van der Waals surface area (Å²) in [6.45, 7) is 0. The molecule has 82 valence electrons. The van der Waals surface area contributed by atoms with Crippen LogP contribution in [-0.2, 0) is 0 Å². The van der Waals surface area contributed by atoms with Crippen LogP contribution in [0.25, 0.3) is 0 Å². The molecule has 1 N–H and O–H groups in total. The molecule has 1 heterocycles. The normalized spacial score (nSPS) is 12.4. The summed E-state index contributed by atoms with van der Waals surface area (Å²) >= 11 is 3.23. The highest BCUT2D eigenvalue weighted by Crippen LogP contribution is 2.25. The molecule has 0 spiro atoms. The number of hydrogen-bond acceptors (Lipinski definition) is 3. The van der Waals surface area contributed by atoms with E-state index >= 15 is 0 Å². The van der Waals surface area contributed by atoms with Crippen LogP contribution >= 0.6 is 15.9 Å². The summed E-state index contributed by atoms with van der Waals surface area (Å²) < 4.78 is 14.2. The van der Waals surface area contributed by atoms with Crippen LogP contribution in [0.3, 0.4) is 0 Å². The van der Waals surface area contributed by atoms with Gasteiger partial charge in [-0.3, -0.25) is 0 Å². The Kier molecular flexibility index (Phi) is 3.26. The van der Waals surface area contributed by atoms with E-state index < -0.39 is 11.9 Å². The zero-order valence-corrected chi connectivity index (χ0v) is 9.73. The van der Waals surface area contributed by atoms with Crippen LogP contribution in [0.5, 0.6) is 0 Å². The average Bonchev–Trinajstić information content (AvgIpc) is 2.32. The van der Waals surface area contributed by atoms with Crippen molar-refractivity contribution < 1.29 is 9.50 Å². The number of halogens is 2. The van der Waals surface area contributed by atoms with Crippen molar-refractivity contribution in [3.63, 3.8) is 0 Å².